The normalized spacial score (nSPS) is 13.1. The van der Waals surface area contributed by atoms with Crippen LogP contribution in [0, 0.1) is 20.8 Å². The van der Waals surface area contributed by atoms with Crippen molar-refractivity contribution in [2.45, 2.75) is 44.4 Å². The molecule has 3 aromatic rings. The van der Waals surface area contributed by atoms with E-state index in [0.717, 1.165) is 27.4 Å². The van der Waals surface area contributed by atoms with Crippen LogP contribution in [-0.4, -0.2) is 24.6 Å². The molecule has 0 aromatic carbocycles. The first kappa shape index (κ1) is 18.8. The van der Waals surface area contributed by atoms with Crippen LogP contribution in [0.1, 0.15) is 29.6 Å². The molecule has 0 aliphatic heterocycles. The molecule has 0 aliphatic rings. The molecular formula is C18H21N3O3S2. The fourth-order valence-corrected chi connectivity index (χ4v) is 5.53. The topological polar surface area (TPSA) is 85.1 Å². The number of thiophene rings is 1. The number of aromatic nitrogens is 2. The van der Waals surface area contributed by atoms with E-state index in [0.29, 0.717) is 12.2 Å². The number of aryl methyl sites for hydroxylation is 3. The lowest BCUT2D eigenvalue weighted by molar-refractivity contribution is 0.393. The Bertz CT molecular complexity index is 1000. The molecule has 0 aliphatic carbocycles. The number of pyridine rings is 1. The van der Waals surface area contributed by atoms with Gasteiger partial charge in [-0.1, -0.05) is 11.2 Å². The maximum atomic E-state index is 12.7. The summed E-state index contributed by atoms with van der Waals surface area (Å²) in [5.74, 6) is 0.681. The molecule has 3 rings (SSSR count). The highest BCUT2D eigenvalue weighted by Gasteiger charge is 2.22. The van der Waals surface area contributed by atoms with Gasteiger partial charge < -0.3 is 4.52 Å². The van der Waals surface area contributed by atoms with E-state index in [1.54, 1.807) is 18.3 Å². The summed E-state index contributed by atoms with van der Waals surface area (Å²) in [4.78, 5) is 5.16. The lowest BCUT2D eigenvalue weighted by Gasteiger charge is -2.14. The standard InChI is InChI=1S/C18H21N3O3S2/c1-11-6-5-9-19-15(11)10-12(2)21-26(22,23)17-8-7-16(25-17)18-13(3)20-24-14(18)4/h5-9,12,21H,10H2,1-4H3. The second-order valence-corrected chi connectivity index (χ2v) is 9.34. The summed E-state index contributed by atoms with van der Waals surface area (Å²) >= 11 is 1.21. The minimum atomic E-state index is -3.60. The zero-order valence-corrected chi connectivity index (χ0v) is 16.7. The maximum absolute atomic E-state index is 12.7. The Morgan fingerprint density at radius 2 is 2.00 bits per heavy atom. The molecule has 1 atom stereocenters. The summed E-state index contributed by atoms with van der Waals surface area (Å²) in [5, 5.41) is 3.93. The van der Waals surface area contributed by atoms with Gasteiger partial charge in [0.1, 0.15) is 9.97 Å². The molecule has 0 spiro atoms. The molecular weight excluding hydrogens is 370 g/mol. The third-order valence-corrected chi connectivity index (χ3v) is 7.28. The van der Waals surface area contributed by atoms with Crippen molar-refractivity contribution in [2.75, 3.05) is 0 Å². The first-order valence-corrected chi connectivity index (χ1v) is 10.5. The van der Waals surface area contributed by atoms with Crippen molar-refractivity contribution in [1.82, 2.24) is 14.9 Å². The van der Waals surface area contributed by atoms with Crippen LogP contribution in [0.4, 0.5) is 0 Å². The lowest BCUT2D eigenvalue weighted by Crippen LogP contribution is -2.34. The molecule has 0 saturated heterocycles. The first-order valence-electron chi connectivity index (χ1n) is 8.24. The van der Waals surface area contributed by atoms with E-state index >= 15 is 0 Å². The Labute approximate surface area is 157 Å². The van der Waals surface area contributed by atoms with Crippen molar-refractivity contribution in [2.24, 2.45) is 0 Å². The van der Waals surface area contributed by atoms with Crippen LogP contribution in [0.3, 0.4) is 0 Å². The van der Waals surface area contributed by atoms with Crippen LogP contribution < -0.4 is 4.72 Å². The van der Waals surface area contributed by atoms with Crippen molar-refractivity contribution in [3.8, 4) is 10.4 Å². The number of sulfonamides is 1. The van der Waals surface area contributed by atoms with E-state index in [9.17, 15) is 8.42 Å². The average molecular weight is 392 g/mol. The molecule has 0 fully saturated rings. The van der Waals surface area contributed by atoms with Crippen LogP contribution in [-0.2, 0) is 16.4 Å². The second kappa shape index (κ2) is 7.30. The average Bonchev–Trinajstić information content (AvgIpc) is 3.16. The molecule has 1 N–H and O–H groups in total. The molecule has 0 bridgehead atoms. The predicted molar refractivity (Wildman–Crippen MR) is 102 cm³/mol. The highest BCUT2D eigenvalue weighted by molar-refractivity contribution is 7.91. The number of nitrogens with zero attached hydrogens (tertiary/aromatic N) is 2. The number of hydrogen-bond donors (Lipinski definition) is 1. The maximum Gasteiger partial charge on any atom is 0.250 e. The van der Waals surface area contributed by atoms with Gasteiger partial charge >= 0.3 is 0 Å². The third-order valence-electron chi connectivity index (χ3n) is 4.10. The molecule has 138 valence electrons. The first-order chi connectivity index (χ1) is 12.3. The van der Waals surface area contributed by atoms with Gasteiger partial charge in [0, 0.05) is 29.2 Å². The molecule has 0 radical (unpaired) electrons. The smallest absolute Gasteiger partial charge is 0.250 e. The summed E-state index contributed by atoms with van der Waals surface area (Å²) in [6.45, 7) is 7.47. The molecule has 26 heavy (non-hydrogen) atoms. The van der Waals surface area contributed by atoms with Crippen LogP contribution in [0.5, 0.6) is 0 Å². The molecule has 8 heteroatoms. The number of nitrogens with one attached hydrogen (secondary N) is 1. The highest BCUT2D eigenvalue weighted by Crippen LogP contribution is 2.34. The van der Waals surface area contributed by atoms with Gasteiger partial charge in [0.2, 0.25) is 10.0 Å². The third kappa shape index (κ3) is 3.87. The second-order valence-electron chi connectivity index (χ2n) is 6.31. The zero-order valence-electron chi connectivity index (χ0n) is 15.1. The van der Waals surface area contributed by atoms with Gasteiger partial charge in [0.25, 0.3) is 0 Å². The van der Waals surface area contributed by atoms with Crippen molar-refractivity contribution in [3.63, 3.8) is 0 Å². The minimum Gasteiger partial charge on any atom is -0.361 e. The molecule has 1 unspecified atom stereocenters. The zero-order chi connectivity index (χ0) is 18.9. The van der Waals surface area contributed by atoms with Gasteiger partial charge in [-0.3, -0.25) is 4.98 Å². The van der Waals surface area contributed by atoms with Gasteiger partial charge in [0.15, 0.2) is 0 Å². The van der Waals surface area contributed by atoms with Gasteiger partial charge in [-0.15, -0.1) is 11.3 Å². The van der Waals surface area contributed by atoms with Crippen LogP contribution >= 0.6 is 11.3 Å². The molecule has 3 aromatic heterocycles. The van der Waals surface area contributed by atoms with Crippen molar-refractivity contribution < 1.29 is 12.9 Å². The largest absolute Gasteiger partial charge is 0.361 e. The van der Waals surface area contributed by atoms with E-state index in [1.165, 1.54) is 11.3 Å². The summed E-state index contributed by atoms with van der Waals surface area (Å²) in [7, 11) is -3.60. The van der Waals surface area contributed by atoms with Gasteiger partial charge in [-0.25, -0.2) is 13.1 Å². The van der Waals surface area contributed by atoms with E-state index in [4.69, 9.17) is 4.52 Å². The lowest BCUT2D eigenvalue weighted by atomic mass is 10.1. The summed E-state index contributed by atoms with van der Waals surface area (Å²) in [6.07, 6.45) is 2.26. The fraction of sp³-hybridized carbons (Fsp3) is 0.333. The van der Waals surface area contributed by atoms with Gasteiger partial charge in [0.05, 0.1) is 11.3 Å². The fourth-order valence-electron chi connectivity index (χ4n) is 2.82. The van der Waals surface area contributed by atoms with Gasteiger partial charge in [-0.05, 0) is 51.5 Å². The summed E-state index contributed by atoms with van der Waals surface area (Å²) in [6, 6.07) is 6.98. The Morgan fingerprint density at radius 1 is 1.23 bits per heavy atom. The Kier molecular flexibility index (Phi) is 5.27. The Morgan fingerprint density at radius 3 is 2.65 bits per heavy atom. The highest BCUT2D eigenvalue weighted by atomic mass is 32.2. The van der Waals surface area contributed by atoms with Crippen LogP contribution in [0.15, 0.2) is 39.2 Å². The van der Waals surface area contributed by atoms with E-state index < -0.39 is 10.0 Å². The molecule has 0 amide bonds. The van der Waals surface area contributed by atoms with Crippen molar-refractivity contribution in [3.05, 3.63) is 53.2 Å². The molecule has 3 heterocycles. The summed E-state index contributed by atoms with van der Waals surface area (Å²) < 4.78 is 33.6. The van der Waals surface area contributed by atoms with E-state index in [-0.39, 0.29) is 10.3 Å². The number of hydrogen-bond acceptors (Lipinski definition) is 6. The Balaban J connectivity index is 1.78. The summed E-state index contributed by atoms with van der Waals surface area (Å²) in [5.41, 5.74) is 3.55. The van der Waals surface area contributed by atoms with Crippen molar-refractivity contribution in [1.29, 1.82) is 0 Å². The number of rotatable bonds is 6. The van der Waals surface area contributed by atoms with Crippen LogP contribution in [0.25, 0.3) is 10.4 Å². The van der Waals surface area contributed by atoms with E-state index in [2.05, 4.69) is 14.9 Å². The minimum absolute atomic E-state index is 0.266. The Hall–Kier alpha value is -2.03. The molecule has 6 nitrogen and oxygen atoms in total. The van der Waals surface area contributed by atoms with Crippen LogP contribution in [0.2, 0.25) is 0 Å². The van der Waals surface area contributed by atoms with Gasteiger partial charge in [-0.2, -0.15) is 0 Å². The van der Waals surface area contributed by atoms with E-state index in [1.807, 2.05) is 39.8 Å². The van der Waals surface area contributed by atoms with Crippen molar-refractivity contribution >= 4 is 21.4 Å². The quantitative estimate of drug-likeness (QED) is 0.693. The monoisotopic (exact) mass is 391 g/mol. The SMILES string of the molecule is Cc1cccnc1CC(C)NS(=O)(=O)c1ccc(-c2c(C)noc2C)s1. The predicted octanol–water partition coefficient (Wildman–Crippen LogP) is 3.63. The molecule has 0 saturated carbocycles.